The molecule has 0 radical (unpaired) electrons. The molecule has 1 amide bonds. The van der Waals surface area contributed by atoms with Gasteiger partial charge in [0.15, 0.2) is 0 Å². The number of carbonyl (C=O) groups is 1. The van der Waals surface area contributed by atoms with E-state index in [0.717, 1.165) is 66.5 Å². The van der Waals surface area contributed by atoms with Gasteiger partial charge in [-0.25, -0.2) is 0 Å². The molecule has 7 nitrogen and oxygen atoms in total. The number of H-pyrrole nitrogens is 2. The number of ether oxygens (including phenoxy) is 2. The van der Waals surface area contributed by atoms with Crippen molar-refractivity contribution in [2.75, 3.05) is 32.3 Å². The Bertz CT molecular complexity index is 1200. The lowest BCUT2D eigenvalue weighted by Gasteiger charge is -2.29. The van der Waals surface area contributed by atoms with Gasteiger partial charge >= 0.3 is 0 Å². The summed E-state index contributed by atoms with van der Waals surface area (Å²) in [5, 5.41) is 9.10. The molecule has 0 spiro atoms. The van der Waals surface area contributed by atoms with Crippen LogP contribution in [0, 0.1) is 11.3 Å². The van der Waals surface area contributed by atoms with Gasteiger partial charge in [-0.1, -0.05) is 19.9 Å². The quantitative estimate of drug-likeness (QED) is 0.426. The number of anilines is 1. The number of nitrogens with zero attached hydrogens (tertiary/aromatic N) is 2. The Morgan fingerprint density at radius 2 is 1.97 bits per heavy atom. The minimum atomic E-state index is 0.169. The molecule has 0 bridgehead atoms. The van der Waals surface area contributed by atoms with Gasteiger partial charge in [0, 0.05) is 55.0 Å². The molecular formula is C29H40N4O3. The third kappa shape index (κ3) is 5.23. The number of rotatable bonds is 8. The lowest BCUT2D eigenvalue weighted by atomic mass is 9.76. The van der Waals surface area contributed by atoms with E-state index in [-0.39, 0.29) is 5.91 Å². The van der Waals surface area contributed by atoms with Crippen molar-refractivity contribution in [2.45, 2.75) is 71.3 Å². The molecule has 1 fully saturated rings. The summed E-state index contributed by atoms with van der Waals surface area (Å²) in [5.74, 6) is 0.591. The molecule has 0 unspecified atom stereocenters. The largest absolute Gasteiger partial charge is 0.383 e. The molecule has 2 aliphatic rings. The van der Waals surface area contributed by atoms with E-state index >= 15 is 0 Å². The highest BCUT2D eigenvalue weighted by Gasteiger charge is 2.30. The topological polar surface area (TPSA) is 83.2 Å². The fourth-order valence-corrected chi connectivity index (χ4v) is 5.99. The van der Waals surface area contributed by atoms with Crippen LogP contribution in [-0.2, 0) is 27.1 Å². The van der Waals surface area contributed by atoms with Crippen molar-refractivity contribution in [2.24, 2.45) is 11.3 Å². The number of benzene rings is 1. The number of carbonyl (C=O) groups excluding carboxylic acids is 1. The average molecular weight is 493 g/mol. The fourth-order valence-electron chi connectivity index (χ4n) is 5.99. The van der Waals surface area contributed by atoms with Gasteiger partial charge in [-0.05, 0) is 74.5 Å². The molecule has 194 valence electrons. The number of aromatic nitrogens is 3. The zero-order valence-corrected chi connectivity index (χ0v) is 22.2. The predicted octanol–water partition coefficient (Wildman–Crippen LogP) is 5.65. The second kappa shape index (κ2) is 10.4. The summed E-state index contributed by atoms with van der Waals surface area (Å²) in [6, 6.07) is 8.42. The van der Waals surface area contributed by atoms with Gasteiger partial charge in [-0.2, -0.15) is 5.10 Å². The summed E-state index contributed by atoms with van der Waals surface area (Å²) in [4.78, 5) is 18.9. The molecule has 3 aromatic rings. The molecule has 7 heteroatoms. The van der Waals surface area contributed by atoms with Crippen molar-refractivity contribution in [1.82, 2.24) is 15.2 Å². The molecule has 1 aromatic carbocycles. The molecule has 36 heavy (non-hydrogen) atoms. The highest BCUT2D eigenvalue weighted by molar-refractivity contribution is 5.96. The van der Waals surface area contributed by atoms with Crippen LogP contribution in [0.4, 0.5) is 5.69 Å². The van der Waals surface area contributed by atoms with Gasteiger partial charge in [0.25, 0.3) is 0 Å². The highest BCUT2D eigenvalue weighted by atomic mass is 16.5. The third-order valence-electron chi connectivity index (χ3n) is 8.24. The van der Waals surface area contributed by atoms with Crippen LogP contribution < -0.4 is 4.90 Å². The number of hydrogen-bond acceptors (Lipinski definition) is 4. The van der Waals surface area contributed by atoms with Crippen molar-refractivity contribution >= 4 is 22.5 Å². The normalized spacial score (nSPS) is 21.4. The Balaban J connectivity index is 1.36. The van der Waals surface area contributed by atoms with Crippen LogP contribution in [0.3, 0.4) is 0 Å². The number of amides is 1. The van der Waals surface area contributed by atoms with E-state index in [1.165, 1.54) is 17.7 Å². The molecule has 0 saturated heterocycles. The average Bonchev–Trinajstić information content (AvgIpc) is 3.47. The number of hydrogen-bond donors (Lipinski definition) is 2. The second-order valence-corrected chi connectivity index (χ2v) is 11.4. The molecule has 0 atom stereocenters. The van der Waals surface area contributed by atoms with Crippen LogP contribution in [-0.4, -0.2) is 54.6 Å². The summed E-state index contributed by atoms with van der Waals surface area (Å²) in [5.41, 5.74) is 6.90. The van der Waals surface area contributed by atoms with Crippen LogP contribution in [0.1, 0.15) is 63.6 Å². The monoisotopic (exact) mass is 492 g/mol. The predicted molar refractivity (Wildman–Crippen MR) is 143 cm³/mol. The summed E-state index contributed by atoms with van der Waals surface area (Å²) in [6.45, 7) is 5.70. The maximum atomic E-state index is 13.4. The van der Waals surface area contributed by atoms with Gasteiger partial charge in [-0.3, -0.25) is 9.89 Å². The van der Waals surface area contributed by atoms with Crippen molar-refractivity contribution in [3.8, 4) is 11.4 Å². The van der Waals surface area contributed by atoms with E-state index in [2.05, 4.69) is 53.3 Å². The van der Waals surface area contributed by atoms with Crippen LogP contribution in [0.25, 0.3) is 22.3 Å². The molecule has 0 aliphatic heterocycles. The molecule has 2 aromatic heterocycles. The molecule has 2 aliphatic carbocycles. The fraction of sp³-hybridized carbons (Fsp3) is 0.586. The first-order valence-electron chi connectivity index (χ1n) is 13.4. The Kier molecular flexibility index (Phi) is 7.22. The first-order valence-corrected chi connectivity index (χ1v) is 13.4. The maximum absolute atomic E-state index is 13.4. The minimum absolute atomic E-state index is 0.169. The standard InChI is InChI=1S/C29H40N4O3/c1-29(2)12-11-23-26(18-29)31-32-28(23)25-16-20-7-8-21(17-24(20)30-25)33(13-14-35-3)27(34)15-19-5-9-22(36-4)10-6-19/h7-8,16-17,19,22,30H,5-6,9-15,18H2,1-4H3,(H,31,32). The van der Waals surface area contributed by atoms with E-state index in [1.54, 1.807) is 14.2 Å². The van der Waals surface area contributed by atoms with Crippen LogP contribution >= 0.6 is 0 Å². The molecular weight excluding hydrogens is 452 g/mol. The Morgan fingerprint density at radius 3 is 2.72 bits per heavy atom. The summed E-state index contributed by atoms with van der Waals surface area (Å²) in [6.07, 6.45) is 8.33. The number of aromatic amines is 2. The number of methoxy groups -OCH3 is 2. The second-order valence-electron chi connectivity index (χ2n) is 11.4. The lowest BCUT2D eigenvalue weighted by Crippen LogP contribution is -2.36. The summed E-state index contributed by atoms with van der Waals surface area (Å²) >= 11 is 0. The maximum Gasteiger partial charge on any atom is 0.227 e. The highest BCUT2D eigenvalue weighted by Crippen LogP contribution is 2.38. The molecule has 1 saturated carbocycles. The van der Waals surface area contributed by atoms with E-state index < -0.39 is 0 Å². The molecule has 2 N–H and O–H groups in total. The van der Waals surface area contributed by atoms with E-state index in [9.17, 15) is 4.79 Å². The smallest absolute Gasteiger partial charge is 0.227 e. The van der Waals surface area contributed by atoms with Gasteiger partial charge in [0.1, 0.15) is 5.69 Å². The SMILES string of the molecule is COCCN(C(=O)CC1CCC(OC)CC1)c1ccc2cc(-c3n[nH]c4c3CCC(C)(C)C4)[nH]c2c1. The third-order valence-corrected chi connectivity index (χ3v) is 8.24. The van der Waals surface area contributed by atoms with Crippen LogP contribution in [0.15, 0.2) is 24.3 Å². The minimum Gasteiger partial charge on any atom is -0.383 e. The van der Waals surface area contributed by atoms with Gasteiger partial charge in [-0.15, -0.1) is 0 Å². The summed E-state index contributed by atoms with van der Waals surface area (Å²) < 4.78 is 10.8. The van der Waals surface area contributed by atoms with Crippen molar-refractivity contribution < 1.29 is 14.3 Å². The number of fused-ring (bicyclic) bond motifs is 2. The van der Waals surface area contributed by atoms with Gasteiger partial charge in [0.2, 0.25) is 5.91 Å². The zero-order valence-electron chi connectivity index (χ0n) is 22.2. The van der Waals surface area contributed by atoms with Crippen molar-refractivity contribution in [1.29, 1.82) is 0 Å². The zero-order chi connectivity index (χ0) is 25.3. The van der Waals surface area contributed by atoms with Crippen LogP contribution in [0.5, 0.6) is 0 Å². The Labute approximate surface area is 213 Å². The van der Waals surface area contributed by atoms with E-state index in [0.29, 0.717) is 37.0 Å². The van der Waals surface area contributed by atoms with E-state index in [1.807, 2.05) is 4.90 Å². The van der Waals surface area contributed by atoms with Crippen LogP contribution in [0.2, 0.25) is 0 Å². The lowest BCUT2D eigenvalue weighted by molar-refractivity contribution is -0.120. The van der Waals surface area contributed by atoms with Gasteiger partial charge < -0.3 is 19.4 Å². The Hall–Kier alpha value is -2.64. The Morgan fingerprint density at radius 1 is 1.17 bits per heavy atom. The molecule has 2 heterocycles. The number of nitrogens with one attached hydrogen (secondary N) is 2. The van der Waals surface area contributed by atoms with E-state index in [4.69, 9.17) is 9.47 Å². The first kappa shape index (κ1) is 25.0. The molecule has 5 rings (SSSR count). The van der Waals surface area contributed by atoms with Crippen molar-refractivity contribution in [3.63, 3.8) is 0 Å². The first-order chi connectivity index (χ1) is 17.4. The summed E-state index contributed by atoms with van der Waals surface area (Å²) in [7, 11) is 3.47. The van der Waals surface area contributed by atoms with Crippen molar-refractivity contribution in [3.05, 3.63) is 35.5 Å². The van der Waals surface area contributed by atoms with Gasteiger partial charge in [0.05, 0.1) is 18.4 Å².